The van der Waals surface area contributed by atoms with Crippen LogP contribution < -0.4 is 19.6 Å². The van der Waals surface area contributed by atoms with Gasteiger partial charge in [-0.2, -0.15) is 0 Å². The summed E-state index contributed by atoms with van der Waals surface area (Å²) >= 11 is 0. The van der Waals surface area contributed by atoms with Crippen LogP contribution in [0.15, 0.2) is 413 Å². The third kappa shape index (κ3) is 12.2. The lowest BCUT2D eigenvalue weighted by molar-refractivity contribution is 0.624. The van der Waals surface area contributed by atoms with Crippen molar-refractivity contribution in [2.24, 2.45) is 0 Å². The number of halogens is 4. The summed E-state index contributed by atoms with van der Waals surface area (Å²) in [5, 5.41) is 0. The second kappa shape index (κ2) is 29.6. The molecule has 5 aliphatic rings. The molecule has 5 aliphatic carbocycles. The minimum atomic E-state index is -0.707. The third-order valence-corrected chi connectivity index (χ3v) is 27.3. The lowest BCUT2D eigenvalue weighted by atomic mass is 9.66. The summed E-state index contributed by atoms with van der Waals surface area (Å²) in [6.45, 7) is 4.57. The molecule has 0 radical (unpaired) electrons. The fourth-order valence-corrected chi connectivity index (χ4v) is 21.0. The molecule has 0 aromatic heterocycles. The minimum absolute atomic E-state index is 0.265. The molecule has 4 nitrogen and oxygen atoms in total. The van der Waals surface area contributed by atoms with Gasteiger partial charge in [0.2, 0.25) is 0 Å². The van der Waals surface area contributed by atoms with Gasteiger partial charge in [-0.1, -0.05) is 232 Å². The highest BCUT2D eigenvalue weighted by molar-refractivity contribution is 5.95. The van der Waals surface area contributed by atoms with Gasteiger partial charge >= 0.3 is 0 Å². The molecule has 0 fully saturated rings. The molecule has 2 unspecified atom stereocenters. The van der Waals surface area contributed by atoms with E-state index in [9.17, 15) is 0 Å². The summed E-state index contributed by atoms with van der Waals surface area (Å²) in [5.41, 5.74) is 37.5. The Morgan fingerprint density at radius 1 is 0.184 bits per heavy atom. The molecule has 0 spiro atoms. The van der Waals surface area contributed by atoms with E-state index in [-0.39, 0.29) is 23.3 Å². The molecule has 23 rings (SSSR count). The number of anilines is 12. The first-order valence-electron chi connectivity index (χ1n) is 43.1. The van der Waals surface area contributed by atoms with Crippen LogP contribution in [0.3, 0.4) is 0 Å². The Morgan fingerprint density at radius 3 is 0.712 bits per heavy atom. The van der Waals surface area contributed by atoms with Crippen LogP contribution in [-0.2, 0) is 41.9 Å². The van der Waals surface area contributed by atoms with Gasteiger partial charge in [0.05, 0.1) is 10.8 Å². The standard InChI is InChI=1S/C117H82F4N4/c1-115(2)111-71-99(124(97-57-45-89(120)46-58-97)95-53-31-77(32-54-95)75-27-49-93(50-28-75)122(91-13-5-3-6-14-91)101-63-67-107-103-17-9-11-19-109(103)116(113(107)73-101,83-37-41-87(118)42-38-83)85-35-25-79-21-23-81(79)69-85)61-65-105(111)106-66-62-100(72-112(106)115)125(98-59-47-90(121)48-60-98)96-55-33-78(34-56-96)76-29-51-94(52-30-76)123(92-15-7-4-8-16-92)102-64-68-108-104-18-10-12-20-110(104)117(114(108)74-102,84-39-43-88(119)44-40-84)86-36-26-80-22-24-82(80)70-86/h3-20,25-74H,21-24H2,1-2H3. The van der Waals surface area contributed by atoms with Crippen LogP contribution in [0.2, 0.25) is 0 Å². The van der Waals surface area contributed by atoms with Crippen molar-refractivity contribution in [1.29, 1.82) is 0 Å². The minimum Gasteiger partial charge on any atom is -0.310 e. The lowest BCUT2D eigenvalue weighted by Gasteiger charge is -2.36. The monoisotopic (exact) mass is 1620 g/mol. The predicted molar refractivity (Wildman–Crippen MR) is 503 cm³/mol. The van der Waals surface area contributed by atoms with Gasteiger partial charge in [-0.05, 0) is 353 Å². The number of para-hydroxylation sites is 2. The summed E-state index contributed by atoms with van der Waals surface area (Å²) in [4.78, 5) is 9.07. The molecule has 0 amide bonds. The summed E-state index contributed by atoms with van der Waals surface area (Å²) in [7, 11) is 0. The normalized spacial score (nSPS) is 15.4. The summed E-state index contributed by atoms with van der Waals surface area (Å²) in [5.74, 6) is -1.16. The van der Waals surface area contributed by atoms with Gasteiger partial charge in [0.1, 0.15) is 23.3 Å². The van der Waals surface area contributed by atoms with E-state index in [0.717, 1.165) is 172 Å². The van der Waals surface area contributed by atoms with Gasteiger partial charge in [0.15, 0.2) is 0 Å². The van der Waals surface area contributed by atoms with Crippen LogP contribution in [0.1, 0.15) is 91.7 Å². The van der Waals surface area contributed by atoms with Gasteiger partial charge in [-0.15, -0.1) is 0 Å². The summed E-state index contributed by atoms with van der Waals surface area (Å²) in [6, 6.07) is 142. The smallest absolute Gasteiger partial charge is 0.123 e. The Kier molecular flexibility index (Phi) is 17.7. The molecule has 125 heavy (non-hydrogen) atoms. The molecule has 0 aliphatic heterocycles. The van der Waals surface area contributed by atoms with Crippen molar-refractivity contribution in [2.45, 2.75) is 55.8 Å². The van der Waals surface area contributed by atoms with Gasteiger partial charge in [-0.3, -0.25) is 0 Å². The van der Waals surface area contributed by atoms with Crippen LogP contribution in [0.25, 0.3) is 55.6 Å². The van der Waals surface area contributed by atoms with E-state index in [1.54, 1.807) is 24.3 Å². The van der Waals surface area contributed by atoms with E-state index in [1.165, 1.54) is 79.9 Å². The van der Waals surface area contributed by atoms with E-state index < -0.39 is 16.2 Å². The van der Waals surface area contributed by atoms with E-state index in [4.69, 9.17) is 0 Å². The van der Waals surface area contributed by atoms with Gasteiger partial charge in [-0.25, -0.2) is 17.6 Å². The van der Waals surface area contributed by atoms with Gasteiger partial charge in [0, 0.05) is 73.7 Å². The first kappa shape index (κ1) is 74.9. The molecule has 598 valence electrons. The van der Waals surface area contributed by atoms with Crippen LogP contribution in [0, 0.1) is 23.3 Å². The SMILES string of the molecule is CC1(C)c2cc(N(c3ccc(F)cc3)c3ccc(-c4ccc(N(c5ccccc5)c5ccc6c(c5)C(c5ccc(F)cc5)(c5ccc7c(c5)CC7)c5ccccc5-6)cc4)cc3)ccc2-c2ccc(N(c3ccc(F)cc3)c3ccc(-c4ccc(N(c5ccccc5)c5ccc6c(c5)C(c5ccc(F)cc5)(c5ccc7c(c5)CC7)c5ccccc5-6)cc4)cc3)cc21. The van der Waals surface area contributed by atoms with E-state index in [0.29, 0.717) is 0 Å². The quantitative estimate of drug-likeness (QED) is 0.0794. The second-order valence-corrected chi connectivity index (χ2v) is 34.3. The molecule has 2 atom stereocenters. The second-order valence-electron chi connectivity index (χ2n) is 34.3. The Morgan fingerprint density at radius 2 is 0.416 bits per heavy atom. The van der Waals surface area contributed by atoms with Crippen molar-refractivity contribution in [3.8, 4) is 55.6 Å². The zero-order chi connectivity index (χ0) is 83.8. The third-order valence-electron chi connectivity index (χ3n) is 27.3. The van der Waals surface area contributed by atoms with Crippen LogP contribution in [0.5, 0.6) is 0 Å². The first-order chi connectivity index (χ1) is 61.3. The molecule has 18 aromatic rings. The predicted octanol–water partition coefficient (Wildman–Crippen LogP) is 30.7. The van der Waals surface area contributed by atoms with Gasteiger partial charge in [0.25, 0.3) is 0 Å². The first-order valence-corrected chi connectivity index (χ1v) is 43.1. The van der Waals surface area contributed by atoms with Crippen molar-refractivity contribution in [2.75, 3.05) is 19.6 Å². The highest BCUT2D eigenvalue weighted by Crippen LogP contribution is 2.61. The molecule has 18 aromatic carbocycles. The molecular formula is C117H82F4N4. The van der Waals surface area contributed by atoms with E-state index >= 15 is 17.6 Å². The van der Waals surface area contributed by atoms with Crippen molar-refractivity contribution >= 4 is 68.2 Å². The Hall–Kier alpha value is -15.1. The number of rotatable bonds is 18. The molecule has 0 N–H and O–H groups in total. The number of fused-ring (bicyclic) bond motifs is 11. The maximum Gasteiger partial charge on any atom is 0.123 e. The van der Waals surface area contributed by atoms with Crippen molar-refractivity contribution in [1.82, 2.24) is 0 Å². The Labute approximate surface area is 725 Å². The molecule has 0 heterocycles. The maximum atomic E-state index is 15.0. The fraction of sp³-hybridized carbons (Fsp3) is 0.0769. The van der Waals surface area contributed by atoms with Crippen molar-refractivity contribution in [3.05, 3.63) is 514 Å². The Balaban J connectivity index is 0.538. The molecule has 0 saturated carbocycles. The van der Waals surface area contributed by atoms with Crippen molar-refractivity contribution < 1.29 is 17.6 Å². The van der Waals surface area contributed by atoms with Crippen LogP contribution >= 0.6 is 0 Å². The zero-order valence-electron chi connectivity index (χ0n) is 68.9. The highest BCUT2D eigenvalue weighted by atomic mass is 19.1. The van der Waals surface area contributed by atoms with E-state index in [2.05, 4.69) is 349 Å². The summed E-state index contributed by atoms with van der Waals surface area (Å²) < 4.78 is 60.1. The highest BCUT2D eigenvalue weighted by Gasteiger charge is 2.49. The number of hydrogen-bond donors (Lipinski definition) is 0. The molecule has 0 saturated heterocycles. The molecule has 0 bridgehead atoms. The number of hydrogen-bond acceptors (Lipinski definition) is 4. The Bertz CT molecular complexity index is 6820. The fourth-order valence-electron chi connectivity index (χ4n) is 21.0. The largest absolute Gasteiger partial charge is 0.310 e. The van der Waals surface area contributed by atoms with Crippen LogP contribution in [0.4, 0.5) is 85.8 Å². The topological polar surface area (TPSA) is 13.0 Å². The lowest BCUT2D eigenvalue weighted by Crippen LogP contribution is -2.29. The van der Waals surface area contributed by atoms with Crippen LogP contribution in [-0.4, -0.2) is 0 Å². The van der Waals surface area contributed by atoms with E-state index in [1.807, 2.05) is 48.5 Å². The summed E-state index contributed by atoms with van der Waals surface area (Å²) in [6.07, 6.45) is 4.24. The number of benzene rings is 18. The van der Waals surface area contributed by atoms with Crippen molar-refractivity contribution in [3.63, 3.8) is 0 Å². The zero-order valence-corrected chi connectivity index (χ0v) is 68.9. The average molecular weight is 1620 g/mol. The molecular weight excluding hydrogens is 1540 g/mol. The maximum absolute atomic E-state index is 15.0. The van der Waals surface area contributed by atoms with Gasteiger partial charge < -0.3 is 19.6 Å². The number of nitrogens with zero attached hydrogens (tertiary/aromatic N) is 4. The number of aryl methyl sites for hydroxylation is 4. The molecule has 8 heteroatoms. The average Bonchev–Trinajstić information content (AvgIpc) is 1.54.